The lowest BCUT2D eigenvalue weighted by Gasteiger charge is -2.11. The van der Waals surface area contributed by atoms with Crippen LogP contribution in [0.4, 0.5) is 10.2 Å². The summed E-state index contributed by atoms with van der Waals surface area (Å²) >= 11 is 3.14. The van der Waals surface area contributed by atoms with Crippen LogP contribution in [0.1, 0.15) is 5.56 Å². The standard InChI is InChI=1S/C12H12BrFN4O2S/c13-9-5-11(12(18-15)16-7-9)21(19,20)17-6-8-3-1-2-4-10(8)14/h1-5,7,17H,6,15H2,(H,16,18). The molecule has 0 amide bonds. The second-order valence-corrected chi connectivity index (χ2v) is 6.71. The van der Waals surface area contributed by atoms with Crippen LogP contribution in [-0.2, 0) is 16.6 Å². The number of benzene rings is 1. The quantitative estimate of drug-likeness (QED) is 0.547. The van der Waals surface area contributed by atoms with Crippen molar-refractivity contribution >= 4 is 31.8 Å². The smallest absolute Gasteiger partial charge is 0.244 e. The van der Waals surface area contributed by atoms with E-state index in [1.807, 2.05) is 0 Å². The Morgan fingerprint density at radius 3 is 2.71 bits per heavy atom. The zero-order valence-electron chi connectivity index (χ0n) is 10.7. The van der Waals surface area contributed by atoms with Crippen molar-refractivity contribution in [3.8, 4) is 0 Å². The number of nitrogens with zero attached hydrogens (tertiary/aromatic N) is 1. The van der Waals surface area contributed by atoms with Crippen molar-refractivity contribution in [3.05, 3.63) is 52.4 Å². The number of rotatable bonds is 5. The Labute approximate surface area is 129 Å². The van der Waals surface area contributed by atoms with Gasteiger partial charge in [-0.05, 0) is 28.1 Å². The lowest BCUT2D eigenvalue weighted by Crippen LogP contribution is -2.26. The monoisotopic (exact) mass is 374 g/mol. The number of hydrazine groups is 1. The molecule has 0 spiro atoms. The Hall–Kier alpha value is -1.55. The summed E-state index contributed by atoms with van der Waals surface area (Å²) in [5.74, 6) is 4.77. The summed E-state index contributed by atoms with van der Waals surface area (Å²) in [7, 11) is -3.89. The molecule has 112 valence electrons. The van der Waals surface area contributed by atoms with Gasteiger partial charge in [0.05, 0.1) is 0 Å². The number of nitrogens with one attached hydrogen (secondary N) is 2. The molecule has 1 aromatic heterocycles. The molecule has 9 heteroatoms. The van der Waals surface area contributed by atoms with Crippen molar-refractivity contribution in [2.45, 2.75) is 11.4 Å². The van der Waals surface area contributed by atoms with Gasteiger partial charge >= 0.3 is 0 Å². The predicted octanol–water partition coefficient (Wildman–Crippen LogP) is 1.75. The van der Waals surface area contributed by atoms with E-state index in [1.165, 1.54) is 30.5 Å². The minimum absolute atomic E-state index is 0.000710. The fourth-order valence-electron chi connectivity index (χ4n) is 1.63. The maximum atomic E-state index is 13.5. The average Bonchev–Trinajstić information content (AvgIpc) is 2.46. The SMILES string of the molecule is NNc1ncc(Br)cc1S(=O)(=O)NCc1ccccc1F. The highest BCUT2D eigenvalue weighted by molar-refractivity contribution is 9.10. The third-order valence-corrected chi connectivity index (χ3v) is 4.50. The predicted molar refractivity (Wildman–Crippen MR) is 80.2 cm³/mol. The number of nitrogen functional groups attached to an aromatic ring is 1. The van der Waals surface area contributed by atoms with E-state index in [9.17, 15) is 12.8 Å². The van der Waals surface area contributed by atoms with E-state index < -0.39 is 15.8 Å². The van der Waals surface area contributed by atoms with E-state index in [1.54, 1.807) is 6.07 Å². The first-order chi connectivity index (χ1) is 9.94. The normalized spacial score (nSPS) is 11.4. The summed E-state index contributed by atoms with van der Waals surface area (Å²) in [4.78, 5) is 3.73. The summed E-state index contributed by atoms with van der Waals surface area (Å²) in [5, 5.41) is 0. The minimum Gasteiger partial charge on any atom is -0.307 e. The molecule has 4 N–H and O–H groups in total. The van der Waals surface area contributed by atoms with Crippen LogP contribution in [0.3, 0.4) is 0 Å². The molecule has 0 saturated heterocycles. The summed E-state index contributed by atoms with van der Waals surface area (Å²) in [6.07, 6.45) is 1.41. The molecule has 0 radical (unpaired) electrons. The molecule has 0 aliphatic carbocycles. The third-order valence-electron chi connectivity index (χ3n) is 2.66. The number of anilines is 1. The molecular formula is C12H12BrFN4O2S. The van der Waals surface area contributed by atoms with Crippen molar-refractivity contribution in [2.24, 2.45) is 5.84 Å². The van der Waals surface area contributed by atoms with Gasteiger partial charge in [0.15, 0.2) is 5.82 Å². The fourth-order valence-corrected chi connectivity index (χ4v) is 3.26. The van der Waals surface area contributed by atoms with Crippen LogP contribution >= 0.6 is 15.9 Å². The maximum Gasteiger partial charge on any atom is 0.244 e. The Bertz CT molecular complexity index is 755. The molecule has 0 bridgehead atoms. The van der Waals surface area contributed by atoms with Crippen LogP contribution in [0, 0.1) is 5.82 Å². The van der Waals surface area contributed by atoms with Gasteiger partial charge in [0.2, 0.25) is 10.0 Å². The molecule has 6 nitrogen and oxygen atoms in total. The zero-order valence-corrected chi connectivity index (χ0v) is 13.1. The summed E-state index contributed by atoms with van der Waals surface area (Å²) < 4.78 is 40.8. The number of sulfonamides is 1. The molecule has 0 unspecified atom stereocenters. The molecule has 1 aromatic carbocycles. The first-order valence-corrected chi connectivity index (χ1v) is 8.07. The summed E-state index contributed by atoms with van der Waals surface area (Å²) in [6, 6.07) is 7.27. The second kappa shape index (κ2) is 6.48. The Morgan fingerprint density at radius 2 is 2.05 bits per heavy atom. The van der Waals surface area contributed by atoms with E-state index in [0.29, 0.717) is 4.47 Å². The summed E-state index contributed by atoms with van der Waals surface area (Å²) in [6.45, 7) is -0.175. The van der Waals surface area contributed by atoms with Crippen molar-refractivity contribution in [2.75, 3.05) is 5.43 Å². The highest BCUT2D eigenvalue weighted by Gasteiger charge is 2.20. The molecule has 1 heterocycles. The van der Waals surface area contributed by atoms with Gasteiger partial charge in [-0.1, -0.05) is 18.2 Å². The van der Waals surface area contributed by atoms with Gasteiger partial charge in [-0.25, -0.2) is 28.4 Å². The molecule has 21 heavy (non-hydrogen) atoms. The topological polar surface area (TPSA) is 97.1 Å². The molecule has 2 aromatic rings. The van der Waals surface area contributed by atoms with Gasteiger partial charge in [0.1, 0.15) is 10.7 Å². The number of aromatic nitrogens is 1. The van der Waals surface area contributed by atoms with Crippen LogP contribution in [0.25, 0.3) is 0 Å². The third kappa shape index (κ3) is 3.76. The van der Waals surface area contributed by atoms with Gasteiger partial charge in [-0.3, -0.25) is 0 Å². The van der Waals surface area contributed by atoms with E-state index >= 15 is 0 Å². The van der Waals surface area contributed by atoms with Gasteiger partial charge in [0, 0.05) is 22.8 Å². The van der Waals surface area contributed by atoms with Crippen molar-refractivity contribution in [1.29, 1.82) is 0 Å². The Balaban J connectivity index is 2.27. The molecule has 0 saturated carbocycles. The zero-order chi connectivity index (χ0) is 15.5. The van der Waals surface area contributed by atoms with Crippen molar-refractivity contribution in [3.63, 3.8) is 0 Å². The Kier molecular flexibility index (Phi) is 4.88. The number of pyridine rings is 1. The Morgan fingerprint density at radius 1 is 1.33 bits per heavy atom. The van der Waals surface area contributed by atoms with Gasteiger partial charge < -0.3 is 5.43 Å². The molecule has 0 atom stereocenters. The molecule has 0 fully saturated rings. The second-order valence-electron chi connectivity index (χ2n) is 4.06. The van der Waals surface area contributed by atoms with E-state index in [2.05, 4.69) is 31.1 Å². The van der Waals surface area contributed by atoms with Crippen LogP contribution in [0.2, 0.25) is 0 Å². The highest BCUT2D eigenvalue weighted by atomic mass is 79.9. The average molecular weight is 375 g/mol. The van der Waals surface area contributed by atoms with Crippen LogP contribution in [0.15, 0.2) is 45.9 Å². The lowest BCUT2D eigenvalue weighted by atomic mass is 10.2. The minimum atomic E-state index is -3.89. The van der Waals surface area contributed by atoms with E-state index in [4.69, 9.17) is 5.84 Å². The molecule has 0 aliphatic heterocycles. The lowest BCUT2D eigenvalue weighted by molar-refractivity contribution is 0.574. The maximum absolute atomic E-state index is 13.5. The van der Waals surface area contributed by atoms with Crippen molar-refractivity contribution in [1.82, 2.24) is 9.71 Å². The van der Waals surface area contributed by atoms with Crippen LogP contribution in [-0.4, -0.2) is 13.4 Å². The van der Waals surface area contributed by atoms with Crippen molar-refractivity contribution < 1.29 is 12.8 Å². The molecular weight excluding hydrogens is 363 g/mol. The highest BCUT2D eigenvalue weighted by Crippen LogP contribution is 2.22. The fraction of sp³-hybridized carbons (Fsp3) is 0.0833. The van der Waals surface area contributed by atoms with E-state index in [-0.39, 0.29) is 22.8 Å². The molecule has 2 rings (SSSR count). The van der Waals surface area contributed by atoms with Crippen LogP contribution < -0.4 is 16.0 Å². The molecule has 0 aliphatic rings. The number of hydrogen-bond donors (Lipinski definition) is 3. The first-order valence-electron chi connectivity index (χ1n) is 5.79. The van der Waals surface area contributed by atoms with E-state index in [0.717, 1.165) is 0 Å². The number of halogens is 2. The number of nitrogens with two attached hydrogens (primary N) is 1. The first kappa shape index (κ1) is 15.8. The van der Waals surface area contributed by atoms with Gasteiger partial charge in [-0.15, -0.1) is 0 Å². The van der Waals surface area contributed by atoms with Gasteiger partial charge in [-0.2, -0.15) is 0 Å². The summed E-state index contributed by atoms with van der Waals surface area (Å²) in [5.41, 5.74) is 2.46. The van der Waals surface area contributed by atoms with Crippen LogP contribution in [0.5, 0.6) is 0 Å². The number of hydrogen-bond acceptors (Lipinski definition) is 5. The largest absolute Gasteiger partial charge is 0.307 e. The van der Waals surface area contributed by atoms with Gasteiger partial charge in [0.25, 0.3) is 0 Å².